The first-order valence-electron chi connectivity index (χ1n) is 7.03. The highest BCUT2D eigenvalue weighted by molar-refractivity contribution is 5.99. The van der Waals surface area contributed by atoms with Gasteiger partial charge in [0, 0.05) is 5.56 Å². The van der Waals surface area contributed by atoms with Gasteiger partial charge < -0.3 is 13.9 Å². The highest BCUT2D eigenvalue weighted by Crippen LogP contribution is 2.22. The molecule has 0 aliphatic carbocycles. The standard InChI is InChI=1S/C17H13FN2O4/c1-22-16-7-4-12(18)8-14(16)15(21)9-23-13-5-2-11(3-6-13)17-20-19-10-24-17/h2-8,10H,9H2,1H3. The molecule has 0 aliphatic heterocycles. The number of aromatic nitrogens is 2. The minimum atomic E-state index is -0.511. The Morgan fingerprint density at radius 3 is 2.67 bits per heavy atom. The SMILES string of the molecule is COc1ccc(F)cc1C(=O)COc1ccc(-c2nnco2)cc1. The number of nitrogens with zero attached hydrogens (tertiary/aromatic N) is 2. The zero-order chi connectivity index (χ0) is 16.9. The molecule has 3 rings (SSSR count). The van der Waals surface area contributed by atoms with Crippen LogP contribution < -0.4 is 9.47 Å². The van der Waals surface area contributed by atoms with E-state index in [4.69, 9.17) is 13.9 Å². The Bertz CT molecular complexity index is 832. The summed E-state index contributed by atoms with van der Waals surface area (Å²) in [4.78, 5) is 12.2. The van der Waals surface area contributed by atoms with Gasteiger partial charge in [-0.2, -0.15) is 0 Å². The van der Waals surface area contributed by atoms with E-state index in [1.807, 2.05) is 0 Å². The average Bonchev–Trinajstić information content (AvgIpc) is 3.14. The number of hydrogen-bond acceptors (Lipinski definition) is 6. The molecule has 122 valence electrons. The van der Waals surface area contributed by atoms with Crippen LogP contribution in [0.4, 0.5) is 4.39 Å². The second kappa shape index (κ2) is 6.91. The number of hydrogen-bond donors (Lipinski definition) is 0. The van der Waals surface area contributed by atoms with Crippen molar-refractivity contribution in [3.8, 4) is 23.0 Å². The summed E-state index contributed by atoms with van der Waals surface area (Å²) >= 11 is 0. The van der Waals surface area contributed by atoms with E-state index in [2.05, 4.69) is 10.2 Å². The molecular weight excluding hydrogens is 315 g/mol. The van der Waals surface area contributed by atoms with Crippen molar-refractivity contribution in [2.45, 2.75) is 0 Å². The molecule has 0 atom stereocenters. The molecule has 3 aromatic rings. The molecule has 0 aliphatic rings. The van der Waals surface area contributed by atoms with Crippen LogP contribution in [-0.4, -0.2) is 29.7 Å². The van der Waals surface area contributed by atoms with Crippen molar-refractivity contribution in [3.63, 3.8) is 0 Å². The fraction of sp³-hybridized carbons (Fsp3) is 0.118. The van der Waals surface area contributed by atoms with Gasteiger partial charge in [-0.25, -0.2) is 4.39 Å². The van der Waals surface area contributed by atoms with Crippen LogP contribution in [0, 0.1) is 5.82 Å². The van der Waals surface area contributed by atoms with E-state index < -0.39 is 5.82 Å². The zero-order valence-corrected chi connectivity index (χ0v) is 12.7. The van der Waals surface area contributed by atoms with Crippen LogP contribution >= 0.6 is 0 Å². The molecular formula is C17H13FN2O4. The monoisotopic (exact) mass is 328 g/mol. The summed E-state index contributed by atoms with van der Waals surface area (Å²) in [7, 11) is 1.42. The highest BCUT2D eigenvalue weighted by Gasteiger charge is 2.14. The molecule has 24 heavy (non-hydrogen) atoms. The molecule has 0 unspecified atom stereocenters. The summed E-state index contributed by atoms with van der Waals surface area (Å²) in [5.41, 5.74) is 0.873. The highest BCUT2D eigenvalue weighted by atomic mass is 19.1. The Hall–Kier alpha value is -3.22. The zero-order valence-electron chi connectivity index (χ0n) is 12.7. The maximum atomic E-state index is 13.3. The molecule has 0 saturated heterocycles. The van der Waals surface area contributed by atoms with Gasteiger partial charge in [0.25, 0.3) is 0 Å². The van der Waals surface area contributed by atoms with Crippen LogP contribution in [0.25, 0.3) is 11.5 Å². The first-order chi connectivity index (χ1) is 11.7. The van der Waals surface area contributed by atoms with E-state index in [1.165, 1.54) is 25.6 Å². The summed E-state index contributed by atoms with van der Waals surface area (Å²) in [6.07, 6.45) is 1.24. The van der Waals surface area contributed by atoms with Crippen molar-refractivity contribution in [3.05, 3.63) is 60.2 Å². The Labute approximate surface area is 136 Å². The minimum Gasteiger partial charge on any atom is -0.496 e. The summed E-state index contributed by atoms with van der Waals surface area (Å²) in [6, 6.07) is 10.6. The maximum Gasteiger partial charge on any atom is 0.247 e. The molecule has 0 radical (unpaired) electrons. The van der Waals surface area contributed by atoms with E-state index in [9.17, 15) is 9.18 Å². The van der Waals surface area contributed by atoms with E-state index in [1.54, 1.807) is 24.3 Å². The quantitative estimate of drug-likeness (QED) is 0.647. The van der Waals surface area contributed by atoms with Crippen LogP contribution in [0.3, 0.4) is 0 Å². The van der Waals surface area contributed by atoms with Crippen molar-refractivity contribution in [1.82, 2.24) is 10.2 Å². The van der Waals surface area contributed by atoms with Crippen LogP contribution in [0.1, 0.15) is 10.4 Å². The van der Waals surface area contributed by atoms with Gasteiger partial charge in [0.15, 0.2) is 6.61 Å². The molecule has 7 heteroatoms. The van der Waals surface area contributed by atoms with Gasteiger partial charge >= 0.3 is 0 Å². The summed E-state index contributed by atoms with van der Waals surface area (Å²) in [5.74, 6) is 0.288. The van der Waals surface area contributed by atoms with E-state index in [0.717, 1.165) is 11.6 Å². The molecule has 0 spiro atoms. The first-order valence-corrected chi connectivity index (χ1v) is 7.03. The molecule has 2 aromatic carbocycles. The number of ketones is 1. The number of carbonyl (C=O) groups is 1. The maximum absolute atomic E-state index is 13.3. The van der Waals surface area contributed by atoms with Crippen LogP contribution in [-0.2, 0) is 0 Å². The van der Waals surface area contributed by atoms with Crippen molar-refractivity contribution < 1.29 is 23.1 Å². The van der Waals surface area contributed by atoms with Crippen molar-refractivity contribution in [2.24, 2.45) is 0 Å². The largest absolute Gasteiger partial charge is 0.496 e. The van der Waals surface area contributed by atoms with Gasteiger partial charge in [0.05, 0.1) is 12.7 Å². The third-order valence-corrected chi connectivity index (χ3v) is 3.29. The van der Waals surface area contributed by atoms with Crippen LogP contribution in [0.5, 0.6) is 11.5 Å². The van der Waals surface area contributed by atoms with Crippen molar-refractivity contribution in [1.29, 1.82) is 0 Å². The number of methoxy groups -OCH3 is 1. The van der Waals surface area contributed by atoms with E-state index in [-0.39, 0.29) is 18.0 Å². The molecule has 1 heterocycles. The van der Waals surface area contributed by atoms with E-state index in [0.29, 0.717) is 17.4 Å². The predicted molar refractivity (Wildman–Crippen MR) is 82.5 cm³/mol. The Morgan fingerprint density at radius 2 is 2.00 bits per heavy atom. The van der Waals surface area contributed by atoms with Gasteiger partial charge in [-0.3, -0.25) is 4.79 Å². The van der Waals surface area contributed by atoms with Gasteiger partial charge in [-0.15, -0.1) is 10.2 Å². The molecule has 6 nitrogen and oxygen atoms in total. The second-order valence-electron chi connectivity index (χ2n) is 4.82. The molecule has 0 bridgehead atoms. The lowest BCUT2D eigenvalue weighted by Crippen LogP contribution is -2.13. The third kappa shape index (κ3) is 3.40. The van der Waals surface area contributed by atoms with Crippen LogP contribution in [0.2, 0.25) is 0 Å². The normalized spacial score (nSPS) is 10.4. The number of carbonyl (C=O) groups excluding carboxylic acids is 1. The molecule has 1 aromatic heterocycles. The predicted octanol–water partition coefficient (Wildman–Crippen LogP) is 3.15. The average molecular weight is 328 g/mol. The first kappa shape index (κ1) is 15.7. The van der Waals surface area contributed by atoms with Gasteiger partial charge in [-0.1, -0.05) is 0 Å². The summed E-state index contributed by atoms with van der Waals surface area (Å²) in [5, 5.41) is 7.40. The number of ether oxygens (including phenoxy) is 2. The number of rotatable bonds is 6. The Balaban J connectivity index is 1.67. The van der Waals surface area contributed by atoms with Gasteiger partial charge in [-0.05, 0) is 42.5 Å². The molecule has 0 saturated carbocycles. The number of halogens is 1. The lowest BCUT2D eigenvalue weighted by atomic mass is 10.1. The topological polar surface area (TPSA) is 74.5 Å². The summed E-state index contributed by atoms with van der Waals surface area (Å²) < 4.78 is 28.9. The summed E-state index contributed by atoms with van der Waals surface area (Å²) in [6.45, 7) is -0.236. The molecule has 0 amide bonds. The number of benzene rings is 2. The Morgan fingerprint density at radius 1 is 1.21 bits per heavy atom. The fourth-order valence-electron chi connectivity index (χ4n) is 2.12. The third-order valence-electron chi connectivity index (χ3n) is 3.29. The van der Waals surface area contributed by atoms with Gasteiger partial charge in [0.2, 0.25) is 18.1 Å². The lowest BCUT2D eigenvalue weighted by molar-refractivity contribution is 0.0918. The Kier molecular flexibility index (Phi) is 4.51. The molecule has 0 N–H and O–H groups in total. The second-order valence-corrected chi connectivity index (χ2v) is 4.82. The van der Waals surface area contributed by atoms with Crippen LogP contribution in [0.15, 0.2) is 53.3 Å². The fourth-order valence-corrected chi connectivity index (χ4v) is 2.12. The smallest absolute Gasteiger partial charge is 0.247 e. The van der Waals surface area contributed by atoms with Crippen molar-refractivity contribution in [2.75, 3.05) is 13.7 Å². The molecule has 0 fully saturated rings. The van der Waals surface area contributed by atoms with E-state index >= 15 is 0 Å². The van der Waals surface area contributed by atoms with Crippen molar-refractivity contribution >= 4 is 5.78 Å². The van der Waals surface area contributed by atoms with Gasteiger partial charge in [0.1, 0.15) is 17.3 Å². The lowest BCUT2D eigenvalue weighted by Gasteiger charge is -2.09. The number of Topliss-reactive ketones (excluding diaryl/α,β-unsaturated/α-hetero) is 1. The minimum absolute atomic E-state index is 0.139.